The van der Waals surface area contributed by atoms with Crippen molar-refractivity contribution in [3.8, 4) is 0 Å². The van der Waals surface area contributed by atoms with Crippen LogP contribution in [0.2, 0.25) is 0 Å². The molecule has 0 bridgehead atoms. The zero-order chi connectivity index (χ0) is 13.1. The van der Waals surface area contributed by atoms with Gasteiger partial charge >= 0.3 is 0 Å². The topological polar surface area (TPSA) is 38.0 Å². The first kappa shape index (κ1) is 15.4. The van der Waals surface area contributed by atoms with Crippen molar-refractivity contribution in [2.75, 3.05) is 17.0 Å². The maximum Gasteiger partial charge on any atom is 0.0442 e. The predicted molar refractivity (Wildman–Crippen MR) is 84.0 cm³/mol. The number of rotatable bonds is 10. The van der Waals surface area contributed by atoms with E-state index in [9.17, 15) is 0 Å². The van der Waals surface area contributed by atoms with Crippen LogP contribution in [0.1, 0.15) is 44.6 Å². The molecule has 0 spiro atoms. The Hall–Kier alpha value is -0.670. The first-order chi connectivity index (χ1) is 8.86. The molecule has 2 nitrogen and oxygen atoms in total. The third-order valence-corrected chi connectivity index (χ3v) is 3.76. The highest BCUT2D eigenvalue weighted by molar-refractivity contribution is 8.00. The van der Waals surface area contributed by atoms with Gasteiger partial charge in [0, 0.05) is 11.4 Å². The molecular weight excluding hydrogens is 240 g/mol. The smallest absolute Gasteiger partial charge is 0.0442 e. The number of nitrogens with one attached hydrogen (secondary N) is 1. The van der Waals surface area contributed by atoms with Crippen LogP contribution in [0.5, 0.6) is 0 Å². The number of nitrogens with two attached hydrogens (primary N) is 1. The molecule has 0 aliphatic rings. The molecule has 1 rings (SSSR count). The van der Waals surface area contributed by atoms with Gasteiger partial charge in [-0.05, 0) is 43.5 Å². The summed E-state index contributed by atoms with van der Waals surface area (Å²) < 4.78 is 3.42. The van der Waals surface area contributed by atoms with E-state index in [0.717, 1.165) is 19.4 Å². The summed E-state index contributed by atoms with van der Waals surface area (Å²) in [6.07, 6.45) is 7.46. The van der Waals surface area contributed by atoms with E-state index in [1.807, 2.05) is 11.9 Å². The van der Waals surface area contributed by atoms with Gasteiger partial charge in [-0.25, -0.2) is 0 Å². The highest BCUT2D eigenvalue weighted by Gasteiger charge is 1.96. The Morgan fingerprint density at radius 2 is 2.06 bits per heavy atom. The first-order valence-electron chi connectivity index (χ1n) is 7.03. The van der Waals surface area contributed by atoms with Crippen LogP contribution in [-0.2, 0) is 6.42 Å². The first-order valence-corrected chi connectivity index (χ1v) is 8.02. The fraction of sp³-hybridized carbons (Fsp3) is 0.600. The molecule has 18 heavy (non-hydrogen) atoms. The SMILES string of the molecule is CCCCCCSNc1cccc(CCCN)c1. The van der Waals surface area contributed by atoms with Gasteiger partial charge in [-0.3, -0.25) is 0 Å². The summed E-state index contributed by atoms with van der Waals surface area (Å²) >= 11 is 1.81. The second-order valence-electron chi connectivity index (χ2n) is 4.60. The van der Waals surface area contributed by atoms with E-state index in [2.05, 4.69) is 35.9 Å². The molecule has 0 saturated carbocycles. The number of aryl methyl sites for hydroxylation is 1. The zero-order valence-corrected chi connectivity index (χ0v) is 12.3. The summed E-state index contributed by atoms with van der Waals surface area (Å²) in [5, 5.41) is 0. The number of unbranched alkanes of at least 4 members (excludes halogenated alkanes) is 3. The van der Waals surface area contributed by atoms with E-state index in [0.29, 0.717) is 0 Å². The van der Waals surface area contributed by atoms with E-state index in [-0.39, 0.29) is 0 Å². The van der Waals surface area contributed by atoms with Gasteiger partial charge < -0.3 is 10.5 Å². The van der Waals surface area contributed by atoms with Crippen LogP contribution in [-0.4, -0.2) is 12.3 Å². The standard InChI is InChI=1S/C15H26N2S/c1-2-3-4-5-12-18-17-15-10-6-8-14(13-15)9-7-11-16/h6,8,10,13,17H,2-5,7,9,11-12,16H2,1H3. The molecule has 0 aliphatic heterocycles. The van der Waals surface area contributed by atoms with Crippen molar-refractivity contribution in [2.24, 2.45) is 5.73 Å². The zero-order valence-electron chi connectivity index (χ0n) is 11.5. The maximum absolute atomic E-state index is 5.53. The number of hydrogen-bond donors (Lipinski definition) is 2. The lowest BCUT2D eigenvalue weighted by Gasteiger charge is -2.07. The highest BCUT2D eigenvalue weighted by Crippen LogP contribution is 2.17. The van der Waals surface area contributed by atoms with Gasteiger partial charge in [-0.2, -0.15) is 0 Å². The van der Waals surface area contributed by atoms with Gasteiger partial charge in [0.25, 0.3) is 0 Å². The van der Waals surface area contributed by atoms with Crippen LogP contribution < -0.4 is 10.5 Å². The monoisotopic (exact) mass is 266 g/mol. The molecule has 1 aromatic carbocycles. The second kappa shape index (κ2) is 10.3. The molecule has 0 unspecified atom stereocenters. The Labute approximate surface area is 116 Å². The summed E-state index contributed by atoms with van der Waals surface area (Å²) in [5.74, 6) is 1.19. The van der Waals surface area contributed by atoms with Crippen LogP contribution in [0.15, 0.2) is 24.3 Å². The molecule has 0 fully saturated rings. The van der Waals surface area contributed by atoms with Crippen LogP contribution in [0.4, 0.5) is 5.69 Å². The number of benzene rings is 1. The van der Waals surface area contributed by atoms with E-state index in [4.69, 9.17) is 5.73 Å². The Morgan fingerprint density at radius 3 is 2.83 bits per heavy atom. The molecule has 0 atom stereocenters. The molecule has 0 saturated heterocycles. The van der Waals surface area contributed by atoms with Crippen molar-refractivity contribution in [2.45, 2.75) is 45.4 Å². The van der Waals surface area contributed by atoms with Crippen LogP contribution >= 0.6 is 11.9 Å². The minimum atomic E-state index is 0.768. The van der Waals surface area contributed by atoms with Crippen LogP contribution in [0.25, 0.3) is 0 Å². The van der Waals surface area contributed by atoms with Crippen molar-refractivity contribution in [1.29, 1.82) is 0 Å². The second-order valence-corrected chi connectivity index (χ2v) is 5.50. The average Bonchev–Trinajstić information content (AvgIpc) is 2.41. The third-order valence-electron chi connectivity index (χ3n) is 2.89. The predicted octanol–water partition coefficient (Wildman–Crippen LogP) is 4.22. The molecular formula is C15H26N2S. The molecule has 102 valence electrons. The highest BCUT2D eigenvalue weighted by atomic mass is 32.2. The minimum absolute atomic E-state index is 0.768. The lowest BCUT2D eigenvalue weighted by Crippen LogP contribution is -2.00. The van der Waals surface area contributed by atoms with Crippen molar-refractivity contribution in [3.63, 3.8) is 0 Å². The van der Waals surface area contributed by atoms with Gasteiger partial charge in [0.15, 0.2) is 0 Å². The Bertz CT molecular complexity index is 315. The normalized spacial score (nSPS) is 10.6. The van der Waals surface area contributed by atoms with Crippen molar-refractivity contribution >= 4 is 17.6 Å². The molecule has 0 aliphatic carbocycles. The minimum Gasteiger partial charge on any atom is -0.330 e. The lowest BCUT2D eigenvalue weighted by molar-refractivity contribution is 0.707. The van der Waals surface area contributed by atoms with E-state index in [1.165, 1.54) is 42.7 Å². The fourth-order valence-corrected chi connectivity index (χ4v) is 2.58. The summed E-state index contributed by atoms with van der Waals surface area (Å²) in [5.41, 5.74) is 8.12. The van der Waals surface area contributed by atoms with Gasteiger partial charge in [0.1, 0.15) is 0 Å². The maximum atomic E-state index is 5.53. The van der Waals surface area contributed by atoms with Gasteiger partial charge in [0.2, 0.25) is 0 Å². The largest absolute Gasteiger partial charge is 0.330 e. The Balaban J connectivity index is 2.20. The van der Waals surface area contributed by atoms with Gasteiger partial charge in [-0.1, -0.05) is 50.3 Å². The third kappa shape index (κ3) is 6.92. The molecule has 1 aromatic rings. The van der Waals surface area contributed by atoms with E-state index < -0.39 is 0 Å². The molecule has 0 radical (unpaired) electrons. The van der Waals surface area contributed by atoms with Crippen LogP contribution in [0.3, 0.4) is 0 Å². The molecule has 0 heterocycles. The molecule has 0 aromatic heterocycles. The van der Waals surface area contributed by atoms with E-state index >= 15 is 0 Å². The molecule has 0 amide bonds. The van der Waals surface area contributed by atoms with Crippen molar-refractivity contribution in [1.82, 2.24) is 0 Å². The van der Waals surface area contributed by atoms with Crippen LogP contribution in [0, 0.1) is 0 Å². The summed E-state index contributed by atoms with van der Waals surface area (Å²) in [6.45, 7) is 3.02. The molecule has 3 N–H and O–H groups in total. The van der Waals surface area contributed by atoms with Gasteiger partial charge in [0.05, 0.1) is 0 Å². The lowest BCUT2D eigenvalue weighted by atomic mass is 10.1. The number of anilines is 1. The van der Waals surface area contributed by atoms with Crippen molar-refractivity contribution < 1.29 is 0 Å². The summed E-state index contributed by atoms with van der Waals surface area (Å²) in [6, 6.07) is 8.65. The number of hydrogen-bond acceptors (Lipinski definition) is 3. The fourth-order valence-electron chi connectivity index (χ4n) is 1.83. The molecule has 3 heteroatoms. The van der Waals surface area contributed by atoms with Gasteiger partial charge in [-0.15, -0.1) is 0 Å². The summed E-state index contributed by atoms with van der Waals surface area (Å²) in [7, 11) is 0. The summed E-state index contributed by atoms with van der Waals surface area (Å²) in [4.78, 5) is 0. The quantitative estimate of drug-likeness (QED) is 0.492. The van der Waals surface area contributed by atoms with Crippen molar-refractivity contribution in [3.05, 3.63) is 29.8 Å². The average molecular weight is 266 g/mol. The Kier molecular flexibility index (Phi) is 8.78. The van der Waals surface area contributed by atoms with E-state index in [1.54, 1.807) is 0 Å². The Morgan fingerprint density at radius 1 is 1.17 bits per heavy atom.